The fourth-order valence-electron chi connectivity index (χ4n) is 1.71. The van der Waals surface area contributed by atoms with E-state index in [2.05, 4.69) is 0 Å². The Morgan fingerprint density at radius 1 is 1.50 bits per heavy atom. The molecule has 1 aromatic rings. The van der Waals surface area contributed by atoms with E-state index in [0.717, 1.165) is 6.07 Å². The molecule has 2 atom stereocenters. The van der Waals surface area contributed by atoms with Crippen LogP contribution in [0, 0.1) is 17.6 Å². The zero-order chi connectivity index (χ0) is 10.3. The predicted molar refractivity (Wildman–Crippen MR) is 48.8 cm³/mol. The van der Waals surface area contributed by atoms with Gasteiger partial charge in [0.25, 0.3) is 0 Å². The van der Waals surface area contributed by atoms with Crippen LogP contribution in [-0.2, 0) is 6.42 Å². The zero-order valence-electron chi connectivity index (χ0n) is 7.93. The molecule has 0 radical (unpaired) electrons. The van der Waals surface area contributed by atoms with E-state index in [-0.39, 0.29) is 12.3 Å². The maximum absolute atomic E-state index is 13.2. The molecule has 0 saturated heterocycles. The van der Waals surface area contributed by atoms with Crippen molar-refractivity contribution in [2.45, 2.75) is 25.4 Å². The Balaban J connectivity index is 2.18. The molecule has 14 heavy (non-hydrogen) atoms. The van der Waals surface area contributed by atoms with Gasteiger partial charge in [-0.25, -0.2) is 8.78 Å². The Morgan fingerprint density at radius 2 is 2.14 bits per heavy atom. The largest absolute Gasteiger partial charge is 0.389 e. The first kappa shape index (κ1) is 9.59. The van der Waals surface area contributed by atoms with Crippen molar-refractivity contribution in [1.29, 1.82) is 0 Å². The number of aliphatic hydroxyl groups is 1. The van der Waals surface area contributed by atoms with Gasteiger partial charge >= 0.3 is 0 Å². The SMILES string of the molecule is CC1CC1(O)Cc1ccc(F)cc1F. The molecule has 76 valence electrons. The summed E-state index contributed by atoms with van der Waals surface area (Å²) in [5.41, 5.74) is -0.378. The molecule has 2 rings (SSSR count). The monoisotopic (exact) mass is 198 g/mol. The van der Waals surface area contributed by atoms with E-state index in [0.29, 0.717) is 12.0 Å². The van der Waals surface area contributed by atoms with Crippen LogP contribution >= 0.6 is 0 Å². The maximum Gasteiger partial charge on any atom is 0.129 e. The third kappa shape index (κ3) is 1.64. The first-order valence-corrected chi connectivity index (χ1v) is 4.67. The van der Waals surface area contributed by atoms with Crippen molar-refractivity contribution in [3.05, 3.63) is 35.4 Å². The lowest BCUT2D eigenvalue weighted by Crippen LogP contribution is -2.15. The van der Waals surface area contributed by atoms with Gasteiger partial charge in [-0.05, 0) is 24.0 Å². The lowest BCUT2D eigenvalue weighted by molar-refractivity contribution is 0.133. The van der Waals surface area contributed by atoms with Crippen LogP contribution in [0.1, 0.15) is 18.9 Å². The van der Waals surface area contributed by atoms with Crippen molar-refractivity contribution in [2.75, 3.05) is 0 Å². The summed E-state index contributed by atoms with van der Waals surface area (Å²) < 4.78 is 25.8. The summed E-state index contributed by atoms with van der Waals surface area (Å²) in [7, 11) is 0. The van der Waals surface area contributed by atoms with Gasteiger partial charge in [0.2, 0.25) is 0 Å². The van der Waals surface area contributed by atoms with Crippen LogP contribution in [0.15, 0.2) is 18.2 Å². The molecule has 1 nitrogen and oxygen atoms in total. The molecule has 2 unspecified atom stereocenters. The van der Waals surface area contributed by atoms with Crippen molar-refractivity contribution in [3.63, 3.8) is 0 Å². The van der Waals surface area contributed by atoms with E-state index >= 15 is 0 Å². The summed E-state index contributed by atoms with van der Waals surface area (Å²) in [6.07, 6.45) is 0.976. The molecular formula is C11H12F2O. The zero-order valence-corrected chi connectivity index (χ0v) is 7.93. The van der Waals surface area contributed by atoms with Crippen molar-refractivity contribution >= 4 is 0 Å². The first-order chi connectivity index (χ1) is 6.51. The molecule has 0 aromatic heterocycles. The van der Waals surface area contributed by atoms with Gasteiger partial charge in [-0.2, -0.15) is 0 Å². The van der Waals surface area contributed by atoms with E-state index < -0.39 is 17.2 Å². The summed E-state index contributed by atoms with van der Waals surface area (Å²) in [6, 6.07) is 3.47. The molecule has 1 aliphatic rings. The van der Waals surface area contributed by atoms with Gasteiger partial charge in [0.15, 0.2) is 0 Å². The van der Waals surface area contributed by atoms with Gasteiger partial charge in [0.05, 0.1) is 5.60 Å². The third-order valence-electron chi connectivity index (χ3n) is 2.93. The van der Waals surface area contributed by atoms with E-state index in [1.165, 1.54) is 12.1 Å². The standard InChI is InChI=1S/C11H12F2O/c1-7-5-11(7,14)6-8-2-3-9(12)4-10(8)13/h2-4,7,14H,5-6H2,1H3. The Morgan fingerprint density at radius 3 is 2.64 bits per heavy atom. The summed E-state index contributed by atoms with van der Waals surface area (Å²) in [5, 5.41) is 9.78. The normalized spacial score (nSPS) is 30.4. The number of hydrogen-bond acceptors (Lipinski definition) is 1. The van der Waals surface area contributed by atoms with Crippen LogP contribution in [0.25, 0.3) is 0 Å². The molecule has 0 spiro atoms. The Hall–Kier alpha value is -0.960. The van der Waals surface area contributed by atoms with Gasteiger partial charge in [-0.3, -0.25) is 0 Å². The highest BCUT2D eigenvalue weighted by atomic mass is 19.1. The summed E-state index contributed by atoms with van der Waals surface area (Å²) in [5.74, 6) is -0.938. The Labute approximate surface area is 81.4 Å². The predicted octanol–water partition coefficient (Wildman–Crippen LogP) is 2.28. The second-order valence-corrected chi connectivity index (χ2v) is 4.12. The molecule has 0 amide bonds. The Bertz CT molecular complexity index is 364. The van der Waals surface area contributed by atoms with Gasteiger partial charge in [-0.1, -0.05) is 13.0 Å². The smallest absolute Gasteiger partial charge is 0.129 e. The molecule has 1 N–H and O–H groups in total. The van der Waals surface area contributed by atoms with Crippen molar-refractivity contribution in [1.82, 2.24) is 0 Å². The minimum atomic E-state index is -0.765. The van der Waals surface area contributed by atoms with Gasteiger partial charge < -0.3 is 5.11 Å². The molecule has 0 heterocycles. The van der Waals surface area contributed by atoms with Crippen molar-refractivity contribution in [3.8, 4) is 0 Å². The molecule has 1 aliphatic carbocycles. The molecule has 0 bridgehead atoms. The van der Waals surface area contributed by atoms with Crippen LogP contribution in [0.4, 0.5) is 8.78 Å². The average Bonchev–Trinajstić information content (AvgIpc) is 2.66. The van der Waals surface area contributed by atoms with E-state index in [4.69, 9.17) is 0 Å². The molecule has 3 heteroatoms. The molecule has 1 saturated carbocycles. The minimum Gasteiger partial charge on any atom is -0.389 e. The van der Waals surface area contributed by atoms with Crippen LogP contribution in [0.5, 0.6) is 0 Å². The topological polar surface area (TPSA) is 20.2 Å². The number of rotatable bonds is 2. The van der Waals surface area contributed by atoms with E-state index in [1.54, 1.807) is 0 Å². The van der Waals surface area contributed by atoms with Gasteiger partial charge in [0, 0.05) is 12.5 Å². The minimum absolute atomic E-state index is 0.215. The molecule has 0 aliphatic heterocycles. The third-order valence-corrected chi connectivity index (χ3v) is 2.93. The first-order valence-electron chi connectivity index (χ1n) is 4.67. The fraction of sp³-hybridized carbons (Fsp3) is 0.455. The number of benzene rings is 1. The second-order valence-electron chi connectivity index (χ2n) is 4.12. The summed E-state index contributed by atoms with van der Waals surface area (Å²) >= 11 is 0. The molecule has 1 aromatic carbocycles. The van der Waals surface area contributed by atoms with Crippen LogP contribution in [0.2, 0.25) is 0 Å². The van der Waals surface area contributed by atoms with Gasteiger partial charge in [-0.15, -0.1) is 0 Å². The van der Waals surface area contributed by atoms with Crippen LogP contribution in [0.3, 0.4) is 0 Å². The summed E-state index contributed by atoms with van der Waals surface area (Å²) in [6.45, 7) is 1.92. The van der Waals surface area contributed by atoms with Gasteiger partial charge in [0.1, 0.15) is 11.6 Å². The van der Waals surface area contributed by atoms with Crippen LogP contribution < -0.4 is 0 Å². The number of halogens is 2. The molecule has 1 fully saturated rings. The second kappa shape index (κ2) is 3.02. The highest BCUT2D eigenvalue weighted by Crippen LogP contribution is 2.45. The quantitative estimate of drug-likeness (QED) is 0.773. The van der Waals surface area contributed by atoms with E-state index in [1.807, 2.05) is 6.92 Å². The fourth-order valence-corrected chi connectivity index (χ4v) is 1.71. The maximum atomic E-state index is 13.2. The lowest BCUT2D eigenvalue weighted by Gasteiger charge is -2.09. The van der Waals surface area contributed by atoms with Crippen LogP contribution in [-0.4, -0.2) is 10.7 Å². The van der Waals surface area contributed by atoms with Crippen molar-refractivity contribution in [2.24, 2.45) is 5.92 Å². The number of hydrogen-bond donors (Lipinski definition) is 1. The highest BCUT2D eigenvalue weighted by molar-refractivity contribution is 5.23. The molecular weight excluding hydrogens is 186 g/mol. The van der Waals surface area contributed by atoms with E-state index in [9.17, 15) is 13.9 Å². The Kier molecular flexibility index (Phi) is 2.07. The average molecular weight is 198 g/mol. The summed E-state index contributed by atoms with van der Waals surface area (Å²) in [4.78, 5) is 0. The highest BCUT2D eigenvalue weighted by Gasteiger charge is 2.49. The lowest BCUT2D eigenvalue weighted by atomic mass is 10.0. The van der Waals surface area contributed by atoms with Crippen molar-refractivity contribution < 1.29 is 13.9 Å².